The minimum atomic E-state index is -6.46. The molecule has 1 aromatic carbocycles. The van der Waals surface area contributed by atoms with Crippen LogP contribution in [0.1, 0.15) is 11.1 Å². The molecule has 0 spiro atoms. The van der Waals surface area contributed by atoms with E-state index in [4.69, 9.17) is 15.8 Å². The van der Waals surface area contributed by atoms with Crippen molar-refractivity contribution < 1.29 is 67.5 Å². The third kappa shape index (κ3) is 4.47. The minimum Gasteiger partial charge on any atom is -0.423 e. The highest BCUT2D eigenvalue weighted by Crippen LogP contribution is 2.53. The molecule has 5 N–H and O–H groups in total. The molecular weight excluding hydrogens is 483 g/mol. The van der Waals surface area contributed by atoms with Crippen molar-refractivity contribution in [3.05, 3.63) is 23.3 Å². The van der Waals surface area contributed by atoms with E-state index in [-0.39, 0.29) is 6.07 Å². The van der Waals surface area contributed by atoms with Crippen LogP contribution in [0, 0.1) is 0 Å². The van der Waals surface area contributed by atoms with Gasteiger partial charge in [-0.2, -0.15) is 35.1 Å². The normalized spacial score (nSPS) is 13.7. The van der Waals surface area contributed by atoms with Crippen molar-refractivity contribution in [1.82, 2.24) is 0 Å². The molecule has 0 saturated heterocycles. The van der Waals surface area contributed by atoms with Gasteiger partial charge in [0.2, 0.25) is 5.91 Å². The zero-order valence-corrected chi connectivity index (χ0v) is 15.0. The third-order valence-corrected chi connectivity index (χ3v) is 4.00. The Hall–Kier alpha value is -2.21. The summed E-state index contributed by atoms with van der Waals surface area (Å²) >= 11 is 0. The van der Waals surface area contributed by atoms with E-state index in [0.29, 0.717) is 0 Å². The molecule has 1 amide bonds. The first-order chi connectivity index (χ1) is 14.3. The number of nitrogens with one attached hydrogen (secondary N) is 1. The molecular formula is C14H11BF12N2O3. The summed E-state index contributed by atoms with van der Waals surface area (Å²) in [5.74, 6) is -27.2. The molecule has 0 heterocycles. The SMILES string of the molecule is NCC(=O)Nc1c(C(F)(F)C(F)(F)C(F)F)ccc(B(O)O)c1C(F)(F)C(F)(F)C(F)F. The van der Waals surface area contributed by atoms with Crippen LogP contribution in [0.2, 0.25) is 0 Å². The molecule has 0 aliphatic rings. The van der Waals surface area contributed by atoms with Gasteiger partial charge in [0.1, 0.15) is 0 Å². The maximum atomic E-state index is 14.4. The summed E-state index contributed by atoms with van der Waals surface area (Å²) in [7, 11) is -3.30. The largest absolute Gasteiger partial charge is 0.489 e. The second kappa shape index (κ2) is 8.97. The first-order valence-corrected chi connectivity index (χ1v) is 7.89. The predicted octanol–water partition coefficient (Wildman–Crippen LogP) is 2.25. The van der Waals surface area contributed by atoms with Gasteiger partial charge in [0, 0.05) is 0 Å². The number of nitrogens with two attached hydrogens (primary N) is 1. The van der Waals surface area contributed by atoms with Gasteiger partial charge >= 0.3 is 43.7 Å². The average Bonchev–Trinajstić information content (AvgIpc) is 2.66. The molecule has 0 radical (unpaired) electrons. The maximum Gasteiger partial charge on any atom is 0.489 e. The van der Waals surface area contributed by atoms with Crippen LogP contribution in [0.3, 0.4) is 0 Å². The molecule has 1 rings (SSSR count). The number of carbonyl (C=O) groups is 1. The molecule has 0 atom stereocenters. The summed E-state index contributed by atoms with van der Waals surface area (Å²) in [6.45, 7) is -1.31. The van der Waals surface area contributed by atoms with Crippen molar-refractivity contribution in [3.8, 4) is 0 Å². The van der Waals surface area contributed by atoms with Gasteiger partial charge in [-0.25, -0.2) is 17.6 Å². The van der Waals surface area contributed by atoms with Crippen molar-refractivity contribution in [3.63, 3.8) is 0 Å². The predicted molar refractivity (Wildman–Crippen MR) is 83.6 cm³/mol. The highest BCUT2D eigenvalue weighted by molar-refractivity contribution is 6.59. The van der Waals surface area contributed by atoms with Crippen LogP contribution in [0.25, 0.3) is 0 Å². The molecule has 5 nitrogen and oxygen atoms in total. The van der Waals surface area contributed by atoms with E-state index in [9.17, 15) is 57.5 Å². The highest BCUT2D eigenvalue weighted by atomic mass is 19.4. The number of hydrogen-bond donors (Lipinski definition) is 4. The fraction of sp³-hybridized carbons (Fsp3) is 0.500. The fourth-order valence-electron chi connectivity index (χ4n) is 2.37. The molecule has 0 bridgehead atoms. The molecule has 0 fully saturated rings. The van der Waals surface area contributed by atoms with E-state index in [1.165, 1.54) is 0 Å². The van der Waals surface area contributed by atoms with Gasteiger partial charge < -0.3 is 21.1 Å². The van der Waals surface area contributed by atoms with Gasteiger partial charge in [0.15, 0.2) is 0 Å². The van der Waals surface area contributed by atoms with Crippen LogP contribution in [-0.4, -0.2) is 54.3 Å². The fourth-order valence-corrected chi connectivity index (χ4v) is 2.37. The van der Waals surface area contributed by atoms with Crippen molar-refractivity contribution in [2.24, 2.45) is 5.73 Å². The Kier molecular flexibility index (Phi) is 7.80. The number of hydrogen-bond acceptors (Lipinski definition) is 4. The number of rotatable bonds is 9. The first kappa shape index (κ1) is 27.8. The van der Waals surface area contributed by atoms with Crippen LogP contribution in [0.15, 0.2) is 12.1 Å². The third-order valence-electron chi connectivity index (χ3n) is 4.00. The first-order valence-electron chi connectivity index (χ1n) is 7.89. The summed E-state index contributed by atoms with van der Waals surface area (Å²) in [5, 5.41) is 19.2. The maximum absolute atomic E-state index is 14.4. The molecule has 0 aliphatic heterocycles. The standard InChI is InChI=1S/C14H11BF12N2O3/c16-9(17)13(24,25)11(20,21)4-1-2-5(15(31)32)7(8(4)29-6(30)3-28)12(22,23)14(26,27)10(18)19/h1-2,9-10,31-32H,3,28H2,(H,29,30). The summed E-state index contributed by atoms with van der Waals surface area (Å²) in [6.07, 6.45) is -10.4. The zero-order valence-electron chi connectivity index (χ0n) is 15.0. The van der Waals surface area contributed by atoms with Gasteiger partial charge in [-0.15, -0.1) is 0 Å². The molecule has 0 aromatic heterocycles. The Morgan fingerprint density at radius 3 is 1.72 bits per heavy atom. The lowest BCUT2D eigenvalue weighted by Crippen LogP contribution is -2.51. The minimum absolute atomic E-state index is 0.307. The van der Waals surface area contributed by atoms with Crippen LogP contribution in [-0.2, 0) is 16.6 Å². The summed E-state index contributed by atoms with van der Waals surface area (Å²) in [4.78, 5) is 11.5. The van der Waals surface area contributed by atoms with Gasteiger partial charge in [0.05, 0.1) is 23.4 Å². The van der Waals surface area contributed by atoms with Gasteiger partial charge in [-0.1, -0.05) is 12.1 Å². The Morgan fingerprint density at radius 2 is 1.34 bits per heavy atom. The number of anilines is 1. The zero-order chi connectivity index (χ0) is 25.4. The van der Waals surface area contributed by atoms with E-state index >= 15 is 0 Å². The van der Waals surface area contributed by atoms with E-state index in [0.717, 1.165) is 5.32 Å². The lowest BCUT2D eigenvalue weighted by atomic mass is 9.72. The molecule has 182 valence electrons. The number of carbonyl (C=O) groups excluding carboxylic acids is 1. The summed E-state index contributed by atoms with van der Waals surface area (Å²) < 4.78 is 162. The van der Waals surface area contributed by atoms with Crippen molar-refractivity contribution in [2.75, 3.05) is 11.9 Å². The molecule has 32 heavy (non-hydrogen) atoms. The summed E-state index contributed by atoms with van der Waals surface area (Å²) in [6, 6.07) is -0.699. The molecule has 0 aliphatic carbocycles. The molecule has 0 saturated carbocycles. The molecule has 0 unspecified atom stereocenters. The smallest absolute Gasteiger partial charge is 0.423 e. The van der Waals surface area contributed by atoms with E-state index < -0.39 is 84.5 Å². The number of alkyl halides is 12. The van der Waals surface area contributed by atoms with Gasteiger partial charge in [-0.3, -0.25) is 4.79 Å². The Bertz CT molecular complexity index is 850. The van der Waals surface area contributed by atoms with E-state index in [2.05, 4.69) is 0 Å². The van der Waals surface area contributed by atoms with Crippen LogP contribution < -0.4 is 16.5 Å². The second-order valence-electron chi connectivity index (χ2n) is 6.07. The Labute approximate surface area is 170 Å². The Balaban J connectivity index is 4.19. The lowest BCUT2D eigenvalue weighted by Gasteiger charge is -2.33. The lowest BCUT2D eigenvalue weighted by molar-refractivity contribution is -0.272. The number of benzene rings is 1. The second-order valence-corrected chi connectivity index (χ2v) is 6.07. The summed E-state index contributed by atoms with van der Waals surface area (Å²) in [5.41, 5.74) is -5.11. The number of halogens is 12. The van der Waals surface area contributed by atoms with Crippen molar-refractivity contribution in [1.29, 1.82) is 0 Å². The van der Waals surface area contributed by atoms with Crippen LogP contribution in [0.4, 0.5) is 58.4 Å². The quantitative estimate of drug-likeness (QED) is 0.313. The Morgan fingerprint density at radius 1 is 0.906 bits per heavy atom. The van der Waals surface area contributed by atoms with Crippen LogP contribution in [0.5, 0.6) is 0 Å². The van der Waals surface area contributed by atoms with Gasteiger partial charge in [-0.05, 0) is 5.46 Å². The highest BCUT2D eigenvalue weighted by Gasteiger charge is 2.68. The topological polar surface area (TPSA) is 95.6 Å². The van der Waals surface area contributed by atoms with E-state index in [1.54, 1.807) is 0 Å². The molecule has 1 aromatic rings. The van der Waals surface area contributed by atoms with Crippen molar-refractivity contribution >= 4 is 24.2 Å². The van der Waals surface area contributed by atoms with E-state index in [1.807, 2.05) is 0 Å². The van der Waals surface area contributed by atoms with Gasteiger partial charge in [0.25, 0.3) is 0 Å². The number of amides is 1. The average molecular weight is 494 g/mol. The molecule has 18 heteroatoms. The monoisotopic (exact) mass is 494 g/mol. The van der Waals surface area contributed by atoms with Crippen molar-refractivity contribution in [2.45, 2.75) is 36.5 Å². The van der Waals surface area contributed by atoms with Crippen LogP contribution >= 0.6 is 0 Å².